The van der Waals surface area contributed by atoms with Crippen LogP contribution in [0.4, 0.5) is 0 Å². The smallest absolute Gasteiger partial charge is 0.221 e. The maximum Gasteiger partial charge on any atom is 0.221 e. The fourth-order valence-electron chi connectivity index (χ4n) is 2.20. The average Bonchev–Trinajstić information content (AvgIpc) is 2.96. The molecule has 0 spiro atoms. The van der Waals surface area contributed by atoms with E-state index in [0.29, 0.717) is 13.0 Å². The molecule has 0 atom stereocenters. The topological polar surface area (TPSA) is 62.2 Å². The molecule has 2 rings (SSSR count). The fourth-order valence-corrected chi connectivity index (χ4v) is 2.20. The van der Waals surface area contributed by atoms with Gasteiger partial charge in [0.05, 0.1) is 0 Å². The molecule has 2 N–H and O–H groups in total. The second kappa shape index (κ2) is 7.91. The molecule has 0 unspecified atom stereocenters. The molecule has 19 heavy (non-hydrogen) atoms. The van der Waals surface area contributed by atoms with E-state index in [9.17, 15) is 4.79 Å². The summed E-state index contributed by atoms with van der Waals surface area (Å²) in [5.74, 6) is 0.107. The molecule has 106 valence electrons. The van der Waals surface area contributed by atoms with E-state index in [1.54, 1.807) is 10.9 Å². The number of hydrogen-bond acceptors (Lipinski definition) is 4. The maximum atomic E-state index is 11.6. The second-order valence-corrected chi connectivity index (χ2v) is 4.81. The van der Waals surface area contributed by atoms with Crippen molar-refractivity contribution in [3.05, 3.63) is 18.5 Å². The molecule has 2 heterocycles. The first-order valence-electron chi connectivity index (χ1n) is 7.02. The molecule has 1 aliphatic heterocycles. The highest BCUT2D eigenvalue weighted by atomic mass is 16.1. The Morgan fingerprint density at radius 2 is 2.16 bits per heavy atom. The third-order valence-electron chi connectivity index (χ3n) is 3.31. The Labute approximate surface area is 114 Å². The van der Waals surface area contributed by atoms with E-state index in [0.717, 1.165) is 45.7 Å². The van der Waals surface area contributed by atoms with E-state index in [2.05, 4.69) is 20.6 Å². The van der Waals surface area contributed by atoms with Crippen LogP contribution in [0.5, 0.6) is 0 Å². The summed E-state index contributed by atoms with van der Waals surface area (Å²) in [5, 5.41) is 10.4. The van der Waals surface area contributed by atoms with Gasteiger partial charge in [0, 0.05) is 58.1 Å². The molecule has 1 fully saturated rings. The zero-order chi connectivity index (χ0) is 13.3. The second-order valence-electron chi connectivity index (χ2n) is 4.81. The Morgan fingerprint density at radius 3 is 2.89 bits per heavy atom. The van der Waals surface area contributed by atoms with E-state index in [-0.39, 0.29) is 5.91 Å². The van der Waals surface area contributed by atoms with Crippen molar-refractivity contribution in [2.24, 2.45) is 0 Å². The number of nitrogens with zero attached hydrogens (tertiary/aromatic N) is 3. The molecule has 1 aromatic heterocycles. The lowest BCUT2D eigenvalue weighted by Crippen LogP contribution is -2.44. The Bertz CT molecular complexity index is 359. The summed E-state index contributed by atoms with van der Waals surface area (Å²) in [6, 6.07) is 1.87. The van der Waals surface area contributed by atoms with Crippen molar-refractivity contribution in [3.63, 3.8) is 0 Å². The van der Waals surface area contributed by atoms with Gasteiger partial charge in [0.2, 0.25) is 5.91 Å². The van der Waals surface area contributed by atoms with Crippen LogP contribution in [0.3, 0.4) is 0 Å². The summed E-state index contributed by atoms with van der Waals surface area (Å²) < 4.78 is 1.78. The highest BCUT2D eigenvalue weighted by molar-refractivity contribution is 5.75. The normalized spacial score (nSPS) is 16.4. The lowest BCUT2D eigenvalue weighted by Gasteiger charge is -2.27. The Kier molecular flexibility index (Phi) is 5.84. The maximum absolute atomic E-state index is 11.6. The summed E-state index contributed by atoms with van der Waals surface area (Å²) in [7, 11) is 0. The number of aromatic nitrogens is 2. The standard InChI is InChI=1S/C13H23N5O/c19-13(3-10-18-9-2-5-16-18)15-4-1-8-17-11-6-14-7-12-17/h2,5,9,14H,1,3-4,6-8,10-12H2,(H,15,19). The van der Waals surface area contributed by atoms with Crippen molar-refractivity contribution in [1.29, 1.82) is 0 Å². The van der Waals surface area contributed by atoms with Crippen LogP contribution in [0.15, 0.2) is 18.5 Å². The van der Waals surface area contributed by atoms with Crippen molar-refractivity contribution in [1.82, 2.24) is 25.3 Å². The van der Waals surface area contributed by atoms with Gasteiger partial charge in [0.1, 0.15) is 0 Å². The van der Waals surface area contributed by atoms with Gasteiger partial charge >= 0.3 is 0 Å². The van der Waals surface area contributed by atoms with E-state index in [1.807, 2.05) is 12.3 Å². The molecule has 0 radical (unpaired) electrons. The average molecular weight is 265 g/mol. The van der Waals surface area contributed by atoms with Crippen LogP contribution in [-0.2, 0) is 11.3 Å². The lowest BCUT2D eigenvalue weighted by molar-refractivity contribution is -0.121. The van der Waals surface area contributed by atoms with Crippen LogP contribution in [0.2, 0.25) is 0 Å². The summed E-state index contributed by atoms with van der Waals surface area (Å²) in [4.78, 5) is 14.1. The van der Waals surface area contributed by atoms with Gasteiger partial charge in [-0.2, -0.15) is 5.10 Å². The van der Waals surface area contributed by atoms with Gasteiger partial charge < -0.3 is 15.5 Å². The van der Waals surface area contributed by atoms with Crippen LogP contribution >= 0.6 is 0 Å². The lowest BCUT2D eigenvalue weighted by atomic mass is 10.3. The molecular formula is C13H23N5O. The van der Waals surface area contributed by atoms with Gasteiger partial charge in [0.25, 0.3) is 0 Å². The predicted octanol–water partition coefficient (Wildman–Crippen LogP) is -0.315. The molecule has 0 saturated carbocycles. The highest BCUT2D eigenvalue weighted by Crippen LogP contribution is 1.94. The zero-order valence-corrected chi connectivity index (χ0v) is 11.3. The zero-order valence-electron chi connectivity index (χ0n) is 11.3. The fraction of sp³-hybridized carbons (Fsp3) is 0.692. The SMILES string of the molecule is O=C(CCn1cccn1)NCCCN1CCNCC1. The van der Waals surface area contributed by atoms with E-state index in [4.69, 9.17) is 0 Å². The van der Waals surface area contributed by atoms with Crippen LogP contribution < -0.4 is 10.6 Å². The minimum absolute atomic E-state index is 0.107. The molecule has 1 amide bonds. The van der Waals surface area contributed by atoms with Gasteiger partial charge in [-0.25, -0.2) is 0 Å². The molecular weight excluding hydrogens is 242 g/mol. The third kappa shape index (κ3) is 5.40. The van der Waals surface area contributed by atoms with Crippen molar-refractivity contribution < 1.29 is 4.79 Å². The molecule has 0 aliphatic carbocycles. The van der Waals surface area contributed by atoms with Crippen molar-refractivity contribution >= 4 is 5.91 Å². The van der Waals surface area contributed by atoms with Crippen molar-refractivity contribution in [2.75, 3.05) is 39.3 Å². The van der Waals surface area contributed by atoms with Gasteiger partial charge in [-0.1, -0.05) is 0 Å². The number of aryl methyl sites for hydroxylation is 1. The van der Waals surface area contributed by atoms with Gasteiger partial charge in [-0.15, -0.1) is 0 Å². The van der Waals surface area contributed by atoms with Gasteiger partial charge in [-0.05, 0) is 19.0 Å². The highest BCUT2D eigenvalue weighted by Gasteiger charge is 2.08. The monoisotopic (exact) mass is 265 g/mol. The van der Waals surface area contributed by atoms with Gasteiger partial charge in [0.15, 0.2) is 0 Å². The number of rotatable bonds is 7. The van der Waals surface area contributed by atoms with Crippen LogP contribution in [-0.4, -0.2) is 59.9 Å². The minimum Gasteiger partial charge on any atom is -0.356 e. The molecule has 1 aliphatic rings. The van der Waals surface area contributed by atoms with E-state index < -0.39 is 0 Å². The summed E-state index contributed by atoms with van der Waals surface area (Å²) in [5.41, 5.74) is 0. The minimum atomic E-state index is 0.107. The largest absolute Gasteiger partial charge is 0.356 e. The number of hydrogen-bond donors (Lipinski definition) is 2. The number of carbonyl (C=O) groups excluding carboxylic acids is 1. The summed E-state index contributed by atoms with van der Waals surface area (Å²) in [6.07, 6.45) is 5.12. The van der Waals surface area contributed by atoms with E-state index in [1.165, 1.54) is 0 Å². The Morgan fingerprint density at radius 1 is 1.32 bits per heavy atom. The quantitative estimate of drug-likeness (QED) is 0.664. The molecule has 6 nitrogen and oxygen atoms in total. The van der Waals surface area contributed by atoms with Crippen LogP contribution in [0.1, 0.15) is 12.8 Å². The Balaban J connectivity index is 1.49. The van der Waals surface area contributed by atoms with Gasteiger partial charge in [-0.3, -0.25) is 9.48 Å². The molecule has 1 saturated heterocycles. The van der Waals surface area contributed by atoms with E-state index >= 15 is 0 Å². The third-order valence-corrected chi connectivity index (χ3v) is 3.31. The van der Waals surface area contributed by atoms with Crippen molar-refractivity contribution in [2.45, 2.75) is 19.4 Å². The summed E-state index contributed by atoms with van der Waals surface area (Å²) in [6.45, 7) is 6.88. The summed E-state index contributed by atoms with van der Waals surface area (Å²) >= 11 is 0. The molecule has 1 aromatic rings. The molecule has 0 aromatic carbocycles. The number of piperazine rings is 1. The number of amides is 1. The first kappa shape index (κ1) is 14.0. The predicted molar refractivity (Wildman–Crippen MR) is 73.8 cm³/mol. The number of carbonyl (C=O) groups is 1. The molecule has 0 bridgehead atoms. The van der Waals surface area contributed by atoms with Crippen molar-refractivity contribution in [3.8, 4) is 0 Å². The van der Waals surface area contributed by atoms with Crippen LogP contribution in [0.25, 0.3) is 0 Å². The molecule has 6 heteroatoms. The first-order valence-corrected chi connectivity index (χ1v) is 7.02. The Hall–Kier alpha value is -1.40. The first-order chi connectivity index (χ1) is 9.34. The number of nitrogens with one attached hydrogen (secondary N) is 2. The van der Waals surface area contributed by atoms with Crippen LogP contribution in [0, 0.1) is 0 Å².